The summed E-state index contributed by atoms with van der Waals surface area (Å²) in [6.07, 6.45) is 0.677. The van der Waals surface area contributed by atoms with E-state index in [1.807, 2.05) is 36.4 Å². The highest BCUT2D eigenvalue weighted by Crippen LogP contribution is 2.50. The topological polar surface area (TPSA) is 110 Å². The molecule has 0 bridgehead atoms. The summed E-state index contributed by atoms with van der Waals surface area (Å²) in [6.45, 7) is 5.82. The van der Waals surface area contributed by atoms with Crippen LogP contribution in [0, 0.1) is 17.5 Å². The average Bonchev–Trinajstić information content (AvgIpc) is 3.81. The Morgan fingerprint density at radius 3 is 2.52 bits per heavy atom. The molecule has 6 atom stereocenters. The Balaban J connectivity index is 1.43. The largest absolute Gasteiger partial charge is 0.444 e. The minimum Gasteiger partial charge on any atom is -0.444 e. The minimum atomic E-state index is -1.61. The van der Waals surface area contributed by atoms with E-state index in [9.17, 15) is 18.0 Å². The number of methoxy groups -OCH3 is 1. The summed E-state index contributed by atoms with van der Waals surface area (Å²) < 4.78 is 75.5. The minimum absolute atomic E-state index is 0.0187. The number of halogens is 4. The van der Waals surface area contributed by atoms with E-state index >= 15 is 0 Å². The van der Waals surface area contributed by atoms with E-state index in [4.69, 9.17) is 52.9 Å². The number of carbonyl (C=O) groups is 1. The maximum absolute atomic E-state index is 14.5. The van der Waals surface area contributed by atoms with Crippen molar-refractivity contribution in [2.45, 2.75) is 61.9 Å². The number of carbonyl (C=O) groups excluding carboxylic acids is 1. The molecular weight excluding hydrogens is 723 g/mol. The molecule has 0 spiro atoms. The second kappa shape index (κ2) is 14.1. The normalized spacial score (nSPS) is 26.2. The SMILES string of the molecule is CO[C@H]1[C@@H](S)O[C@@H]2COC(c3ccccc3)O[C@@H]2C1(c1cc(Cl)cnc1C1=CCN(C(=O)OC(C)(C)C)C1)n1cc(-c2cc(F)c(F)c(F)c2)nn1. The zero-order chi connectivity index (χ0) is 36.9. The summed E-state index contributed by atoms with van der Waals surface area (Å²) in [5.41, 5.74) is -0.990. The molecule has 16 heteroatoms. The van der Waals surface area contributed by atoms with Crippen molar-refractivity contribution in [3.63, 3.8) is 0 Å². The highest BCUT2D eigenvalue weighted by Gasteiger charge is 2.63. The number of nitrogens with zero attached hydrogens (tertiary/aromatic N) is 5. The van der Waals surface area contributed by atoms with Gasteiger partial charge in [0, 0.05) is 36.5 Å². The van der Waals surface area contributed by atoms with Crippen LogP contribution in [0.15, 0.2) is 67.0 Å². The Morgan fingerprint density at radius 1 is 1.10 bits per heavy atom. The van der Waals surface area contributed by atoms with Crippen molar-refractivity contribution in [2.24, 2.45) is 0 Å². The van der Waals surface area contributed by atoms with Crippen LogP contribution in [-0.2, 0) is 29.2 Å². The van der Waals surface area contributed by atoms with Gasteiger partial charge >= 0.3 is 6.09 Å². The molecule has 2 unspecified atom stereocenters. The van der Waals surface area contributed by atoms with Gasteiger partial charge in [-0.15, -0.1) is 17.7 Å². The second-order valence-electron chi connectivity index (χ2n) is 13.6. The molecule has 2 saturated heterocycles. The van der Waals surface area contributed by atoms with Gasteiger partial charge in [-0.3, -0.25) is 4.98 Å². The van der Waals surface area contributed by atoms with E-state index in [2.05, 4.69) is 10.3 Å². The molecule has 4 aromatic rings. The van der Waals surface area contributed by atoms with Gasteiger partial charge in [0.2, 0.25) is 0 Å². The Labute approximate surface area is 308 Å². The van der Waals surface area contributed by atoms with Crippen molar-refractivity contribution in [2.75, 3.05) is 26.8 Å². The Hall–Kier alpha value is -3.99. The molecule has 5 heterocycles. The van der Waals surface area contributed by atoms with E-state index in [0.29, 0.717) is 16.8 Å². The van der Waals surface area contributed by atoms with Gasteiger partial charge < -0.3 is 28.6 Å². The highest BCUT2D eigenvalue weighted by atomic mass is 35.5. The first kappa shape index (κ1) is 36.4. The third-order valence-corrected chi connectivity index (χ3v) is 9.70. The van der Waals surface area contributed by atoms with Crippen LogP contribution >= 0.6 is 24.2 Å². The molecule has 0 radical (unpaired) electrons. The van der Waals surface area contributed by atoms with Crippen molar-refractivity contribution < 1.29 is 41.7 Å². The van der Waals surface area contributed by atoms with Crippen LogP contribution in [-0.4, -0.2) is 87.1 Å². The molecule has 0 aliphatic carbocycles. The summed E-state index contributed by atoms with van der Waals surface area (Å²) in [6, 6.07) is 12.7. The quantitative estimate of drug-likeness (QED) is 0.173. The fourth-order valence-electron chi connectivity index (χ4n) is 6.90. The highest BCUT2D eigenvalue weighted by molar-refractivity contribution is 7.80. The first-order valence-corrected chi connectivity index (χ1v) is 17.3. The number of fused-ring (bicyclic) bond motifs is 1. The molecule has 274 valence electrons. The lowest BCUT2D eigenvalue weighted by atomic mass is 9.73. The van der Waals surface area contributed by atoms with Crippen LogP contribution in [0.3, 0.4) is 0 Å². The van der Waals surface area contributed by atoms with Crippen LogP contribution in [0.4, 0.5) is 18.0 Å². The third kappa shape index (κ3) is 6.58. The number of ether oxygens (including phenoxy) is 5. The van der Waals surface area contributed by atoms with Gasteiger partial charge in [-0.25, -0.2) is 22.6 Å². The summed E-state index contributed by atoms with van der Waals surface area (Å²) in [4.78, 5) is 19.4. The second-order valence-corrected chi connectivity index (χ2v) is 14.6. The van der Waals surface area contributed by atoms with Crippen molar-refractivity contribution in [1.82, 2.24) is 24.9 Å². The van der Waals surface area contributed by atoms with E-state index in [0.717, 1.165) is 17.7 Å². The predicted octanol–water partition coefficient (Wildman–Crippen LogP) is 6.57. The fraction of sp³-hybridized carbons (Fsp3) is 0.389. The Kier molecular flexibility index (Phi) is 9.86. The zero-order valence-electron chi connectivity index (χ0n) is 28.5. The fourth-order valence-corrected chi connectivity index (χ4v) is 7.57. The number of amides is 1. The van der Waals surface area contributed by atoms with Gasteiger partial charge in [0.05, 0.1) is 30.1 Å². The number of hydrogen-bond donors (Lipinski definition) is 1. The lowest BCUT2D eigenvalue weighted by Gasteiger charge is -2.55. The van der Waals surface area contributed by atoms with Crippen LogP contribution < -0.4 is 0 Å². The van der Waals surface area contributed by atoms with Gasteiger partial charge in [-0.05, 0) is 44.5 Å². The molecule has 1 amide bonds. The average molecular weight is 758 g/mol. The van der Waals surface area contributed by atoms with Gasteiger partial charge in [0.15, 0.2) is 23.7 Å². The van der Waals surface area contributed by atoms with Crippen LogP contribution in [0.1, 0.15) is 43.9 Å². The van der Waals surface area contributed by atoms with Crippen LogP contribution in [0.25, 0.3) is 16.8 Å². The Bertz CT molecular complexity index is 1990. The smallest absolute Gasteiger partial charge is 0.410 e. The van der Waals surface area contributed by atoms with E-state index < -0.39 is 64.7 Å². The molecule has 3 aliphatic heterocycles. The van der Waals surface area contributed by atoms with Crippen LogP contribution in [0.5, 0.6) is 0 Å². The lowest BCUT2D eigenvalue weighted by Crippen LogP contribution is -2.70. The number of benzene rings is 2. The molecule has 3 aliphatic rings. The Morgan fingerprint density at radius 2 is 1.83 bits per heavy atom. The predicted molar refractivity (Wildman–Crippen MR) is 186 cm³/mol. The van der Waals surface area contributed by atoms with Crippen molar-refractivity contribution in [3.05, 3.63) is 106 Å². The number of aromatic nitrogens is 4. The van der Waals surface area contributed by atoms with Gasteiger partial charge in [-0.2, -0.15) is 0 Å². The molecule has 11 nitrogen and oxygen atoms in total. The zero-order valence-corrected chi connectivity index (χ0v) is 30.2. The van der Waals surface area contributed by atoms with E-state index in [1.165, 1.54) is 29.1 Å². The lowest BCUT2D eigenvalue weighted by molar-refractivity contribution is -0.323. The van der Waals surface area contributed by atoms with Crippen molar-refractivity contribution in [1.29, 1.82) is 0 Å². The molecule has 7 rings (SSSR count). The molecule has 2 aromatic heterocycles. The van der Waals surface area contributed by atoms with Crippen molar-refractivity contribution in [3.8, 4) is 11.3 Å². The molecule has 2 aromatic carbocycles. The first-order valence-electron chi connectivity index (χ1n) is 16.4. The monoisotopic (exact) mass is 757 g/mol. The first-order chi connectivity index (χ1) is 24.8. The van der Waals surface area contributed by atoms with Gasteiger partial charge in [-0.1, -0.05) is 53.2 Å². The number of hydrogen-bond acceptors (Lipinski definition) is 10. The molecular formula is C36H35ClF3N5O6S. The van der Waals surface area contributed by atoms with Crippen LogP contribution in [0.2, 0.25) is 5.02 Å². The van der Waals surface area contributed by atoms with E-state index in [1.54, 1.807) is 26.8 Å². The molecule has 52 heavy (non-hydrogen) atoms. The van der Waals surface area contributed by atoms with Gasteiger partial charge in [0.1, 0.15) is 40.6 Å². The summed E-state index contributed by atoms with van der Waals surface area (Å²) in [7, 11) is 1.47. The number of thiol groups is 1. The number of pyridine rings is 1. The third-order valence-electron chi connectivity index (χ3n) is 9.10. The summed E-state index contributed by atoms with van der Waals surface area (Å²) in [5.74, 6) is -4.39. The molecule has 0 N–H and O–H groups in total. The summed E-state index contributed by atoms with van der Waals surface area (Å²) in [5, 5.41) is 9.05. The number of rotatable bonds is 6. The maximum Gasteiger partial charge on any atom is 0.410 e. The van der Waals surface area contributed by atoms with E-state index in [-0.39, 0.29) is 36.0 Å². The maximum atomic E-state index is 14.5. The standard InChI is InChI=1S/C36H35ClF3N5O6S/c1-35(2,3)51-34(46)44-11-10-20(16-44)29-23(14-22(37)15-41-29)36(45-17-26(42-43-45)21-12-24(38)28(40)25(39)13-21)30-27(49-33(52)31(36)47-4)18-48-32(50-30)19-8-6-5-7-9-19/h5-10,12-15,17,27,30-33,52H,11,16,18H2,1-4H3/t27-,30+,31+,32?,33-,36?/m1/s1. The summed E-state index contributed by atoms with van der Waals surface area (Å²) >= 11 is 11.6. The molecule has 0 saturated carbocycles. The van der Waals surface area contributed by atoms with Gasteiger partial charge in [0.25, 0.3) is 0 Å². The van der Waals surface area contributed by atoms with Crippen molar-refractivity contribution >= 4 is 35.9 Å². The molecule has 2 fully saturated rings.